The molecule has 0 fully saturated rings. The molecule has 2 atom stereocenters. The molecule has 0 bridgehead atoms. The Morgan fingerprint density at radius 3 is 2.50 bits per heavy atom. The molecule has 1 aromatic carbocycles. The molecule has 0 spiro atoms. The van der Waals surface area contributed by atoms with E-state index in [1.165, 1.54) is 12.1 Å². The Morgan fingerprint density at radius 1 is 1.33 bits per heavy atom. The molecule has 1 aromatic heterocycles. The molecule has 94 valence electrons. The zero-order valence-electron chi connectivity index (χ0n) is 9.61. The molecule has 2 aromatic rings. The zero-order valence-corrected chi connectivity index (χ0v) is 9.61. The Bertz CT molecular complexity index is 524. The lowest BCUT2D eigenvalue weighted by Crippen LogP contribution is -2.09. The van der Waals surface area contributed by atoms with Crippen molar-refractivity contribution in [1.29, 1.82) is 0 Å². The van der Waals surface area contributed by atoms with Gasteiger partial charge in [-0.3, -0.25) is 0 Å². The van der Waals surface area contributed by atoms with E-state index in [0.717, 1.165) is 0 Å². The van der Waals surface area contributed by atoms with Crippen molar-refractivity contribution in [2.45, 2.75) is 18.9 Å². The molecule has 3 N–H and O–H groups in total. The van der Waals surface area contributed by atoms with E-state index in [-0.39, 0.29) is 11.5 Å². The molecule has 0 aliphatic rings. The summed E-state index contributed by atoms with van der Waals surface area (Å²) in [6.07, 6.45) is -0.814. The van der Waals surface area contributed by atoms with E-state index in [4.69, 9.17) is 5.11 Å². The summed E-state index contributed by atoms with van der Waals surface area (Å²) >= 11 is 0. The number of nitrogens with zero attached hydrogens (tertiary/aromatic N) is 3. The van der Waals surface area contributed by atoms with Crippen LogP contribution in [0.1, 0.15) is 40.7 Å². The van der Waals surface area contributed by atoms with Crippen molar-refractivity contribution < 1.29 is 15.0 Å². The number of aromatic carboxylic acids is 1. The maximum atomic E-state index is 10.7. The highest BCUT2D eigenvalue weighted by Gasteiger charge is 2.21. The van der Waals surface area contributed by atoms with E-state index in [1.54, 1.807) is 19.1 Å². The van der Waals surface area contributed by atoms with Gasteiger partial charge in [-0.1, -0.05) is 24.3 Å². The molecule has 0 saturated heterocycles. The van der Waals surface area contributed by atoms with Crippen LogP contribution in [0.5, 0.6) is 0 Å². The number of hydrogen-bond donors (Lipinski definition) is 3. The molecule has 0 radical (unpaired) electrons. The predicted octanol–water partition coefficient (Wildman–Crippen LogP) is 0.735. The van der Waals surface area contributed by atoms with Gasteiger partial charge in [0.2, 0.25) is 0 Å². The fourth-order valence-electron chi connectivity index (χ4n) is 1.62. The smallest absolute Gasteiger partial charge is 0.335 e. The Kier molecular flexibility index (Phi) is 3.33. The number of aromatic nitrogens is 4. The van der Waals surface area contributed by atoms with Crippen molar-refractivity contribution in [1.82, 2.24) is 20.6 Å². The van der Waals surface area contributed by atoms with Crippen LogP contribution in [-0.4, -0.2) is 36.8 Å². The van der Waals surface area contributed by atoms with E-state index < -0.39 is 12.1 Å². The van der Waals surface area contributed by atoms with Crippen LogP contribution in [0, 0.1) is 0 Å². The summed E-state index contributed by atoms with van der Waals surface area (Å²) in [4.78, 5) is 10.7. The van der Waals surface area contributed by atoms with Gasteiger partial charge < -0.3 is 10.2 Å². The summed E-state index contributed by atoms with van der Waals surface area (Å²) in [5.41, 5.74) is 0.787. The molecule has 2 unspecified atom stereocenters. The van der Waals surface area contributed by atoms with E-state index in [2.05, 4.69) is 20.6 Å². The summed E-state index contributed by atoms with van der Waals surface area (Å²) in [6, 6.07) is 6.04. The lowest BCUT2D eigenvalue weighted by atomic mass is 9.96. The van der Waals surface area contributed by atoms with Gasteiger partial charge in [0.15, 0.2) is 5.82 Å². The molecule has 7 nitrogen and oxygen atoms in total. The first-order valence-electron chi connectivity index (χ1n) is 5.34. The first-order valence-corrected chi connectivity index (χ1v) is 5.34. The number of carbonyl (C=O) groups is 1. The number of tetrazole rings is 1. The van der Waals surface area contributed by atoms with Gasteiger partial charge in [-0.25, -0.2) is 4.79 Å². The van der Waals surface area contributed by atoms with E-state index >= 15 is 0 Å². The second-order valence-electron chi connectivity index (χ2n) is 3.93. The highest BCUT2D eigenvalue weighted by atomic mass is 16.4. The first kappa shape index (κ1) is 12.2. The van der Waals surface area contributed by atoms with Crippen LogP contribution < -0.4 is 0 Å². The normalized spacial score (nSPS) is 14.1. The third kappa shape index (κ3) is 2.35. The van der Waals surface area contributed by atoms with Crippen LogP contribution in [0.25, 0.3) is 0 Å². The lowest BCUT2D eigenvalue weighted by molar-refractivity contribution is 0.0696. The van der Waals surface area contributed by atoms with Crippen LogP contribution >= 0.6 is 0 Å². The number of hydrogen-bond acceptors (Lipinski definition) is 5. The topological polar surface area (TPSA) is 112 Å². The average molecular weight is 248 g/mol. The van der Waals surface area contributed by atoms with Gasteiger partial charge in [0.05, 0.1) is 17.6 Å². The van der Waals surface area contributed by atoms with E-state index in [9.17, 15) is 9.90 Å². The minimum atomic E-state index is -0.998. The highest BCUT2D eigenvalue weighted by Crippen LogP contribution is 2.27. The van der Waals surface area contributed by atoms with Crippen molar-refractivity contribution in [2.24, 2.45) is 0 Å². The van der Waals surface area contributed by atoms with Crippen LogP contribution in [0.3, 0.4) is 0 Å². The molecule has 7 heteroatoms. The quantitative estimate of drug-likeness (QED) is 0.735. The number of H-pyrrole nitrogens is 1. The minimum Gasteiger partial charge on any atom is -0.478 e. The molecule has 0 saturated carbocycles. The number of nitrogens with one attached hydrogen (secondary N) is 1. The van der Waals surface area contributed by atoms with Gasteiger partial charge in [-0.05, 0) is 17.7 Å². The number of benzene rings is 1. The number of aliphatic hydroxyl groups is 1. The molecule has 1 heterocycles. The third-order valence-corrected chi connectivity index (χ3v) is 2.74. The van der Waals surface area contributed by atoms with Crippen LogP contribution in [0.2, 0.25) is 0 Å². The summed E-state index contributed by atoms with van der Waals surface area (Å²) in [5.74, 6) is -0.925. The Labute approximate surface area is 102 Å². The van der Waals surface area contributed by atoms with E-state index in [0.29, 0.717) is 11.4 Å². The van der Waals surface area contributed by atoms with Crippen molar-refractivity contribution in [3.8, 4) is 0 Å². The minimum absolute atomic E-state index is 0.179. The van der Waals surface area contributed by atoms with Crippen LogP contribution in [0.4, 0.5) is 0 Å². The van der Waals surface area contributed by atoms with Crippen LogP contribution in [0.15, 0.2) is 24.3 Å². The standard InChI is InChI=1S/C11H12N4O3/c1-6(10-12-14-15-13-10)9(16)7-2-4-8(5-3-7)11(17)18/h2-6,9,16H,1H3,(H,17,18)(H,12,13,14,15). The largest absolute Gasteiger partial charge is 0.478 e. The summed E-state index contributed by atoms with van der Waals surface area (Å²) in [6.45, 7) is 1.76. The maximum Gasteiger partial charge on any atom is 0.335 e. The van der Waals surface area contributed by atoms with Crippen molar-refractivity contribution in [3.63, 3.8) is 0 Å². The van der Waals surface area contributed by atoms with E-state index in [1.807, 2.05) is 0 Å². The average Bonchev–Trinajstić information content (AvgIpc) is 2.91. The van der Waals surface area contributed by atoms with Gasteiger partial charge >= 0.3 is 5.97 Å². The molecule has 0 aliphatic carbocycles. The molecule has 2 rings (SSSR count). The van der Waals surface area contributed by atoms with Gasteiger partial charge in [0.1, 0.15) is 0 Å². The van der Waals surface area contributed by atoms with Gasteiger partial charge in [0.25, 0.3) is 0 Å². The fraction of sp³-hybridized carbons (Fsp3) is 0.273. The fourth-order valence-corrected chi connectivity index (χ4v) is 1.62. The van der Waals surface area contributed by atoms with Gasteiger partial charge in [-0.15, -0.1) is 10.2 Å². The monoisotopic (exact) mass is 248 g/mol. The summed E-state index contributed by atoms with van der Waals surface area (Å²) in [5, 5.41) is 32.3. The SMILES string of the molecule is CC(c1nn[nH]n1)C(O)c1ccc(C(=O)O)cc1. The lowest BCUT2D eigenvalue weighted by Gasteiger charge is -2.15. The number of carboxylic acids is 1. The molecule has 0 aliphatic heterocycles. The number of aromatic amines is 1. The zero-order chi connectivity index (χ0) is 13.1. The third-order valence-electron chi connectivity index (χ3n) is 2.74. The molecule has 0 amide bonds. The van der Waals surface area contributed by atoms with Crippen molar-refractivity contribution in [2.75, 3.05) is 0 Å². The number of carboxylic acid groups (broad SMARTS) is 1. The maximum absolute atomic E-state index is 10.7. The highest BCUT2D eigenvalue weighted by molar-refractivity contribution is 5.87. The summed E-state index contributed by atoms with van der Waals surface area (Å²) < 4.78 is 0. The first-order chi connectivity index (χ1) is 8.59. The van der Waals surface area contributed by atoms with Gasteiger partial charge in [0, 0.05) is 0 Å². The Morgan fingerprint density at radius 2 is 2.00 bits per heavy atom. The Balaban J connectivity index is 2.18. The molecule has 18 heavy (non-hydrogen) atoms. The molecular formula is C11H12N4O3. The van der Waals surface area contributed by atoms with Crippen molar-refractivity contribution >= 4 is 5.97 Å². The predicted molar refractivity (Wildman–Crippen MR) is 61.0 cm³/mol. The van der Waals surface area contributed by atoms with Crippen LogP contribution in [-0.2, 0) is 0 Å². The second-order valence-corrected chi connectivity index (χ2v) is 3.93. The summed E-state index contributed by atoms with van der Waals surface area (Å²) in [7, 11) is 0. The number of aliphatic hydroxyl groups excluding tert-OH is 1. The Hall–Kier alpha value is -2.28. The van der Waals surface area contributed by atoms with Gasteiger partial charge in [-0.2, -0.15) is 5.21 Å². The number of rotatable bonds is 4. The van der Waals surface area contributed by atoms with Crippen molar-refractivity contribution in [3.05, 3.63) is 41.2 Å². The molecular weight excluding hydrogens is 236 g/mol. The second kappa shape index (κ2) is 4.92.